The summed E-state index contributed by atoms with van der Waals surface area (Å²) in [5, 5.41) is 8.29. The van der Waals surface area contributed by atoms with E-state index in [1.54, 1.807) is 0 Å². The summed E-state index contributed by atoms with van der Waals surface area (Å²) in [5.41, 5.74) is 5.03. The molecule has 0 aliphatic heterocycles. The van der Waals surface area contributed by atoms with Crippen LogP contribution < -0.4 is 5.73 Å². The molecule has 0 aromatic rings. The van der Waals surface area contributed by atoms with Crippen LogP contribution in [0.1, 0.15) is 13.3 Å². The predicted molar refractivity (Wildman–Crippen MR) is 41.9 cm³/mol. The number of esters is 1. The van der Waals surface area contributed by atoms with Crippen molar-refractivity contribution in [2.45, 2.75) is 19.4 Å². The average molecular weight is 189 g/mol. The van der Waals surface area contributed by atoms with Crippen molar-refractivity contribution in [1.82, 2.24) is 0 Å². The van der Waals surface area contributed by atoms with Gasteiger partial charge in [0.1, 0.15) is 24.9 Å². The lowest BCUT2D eigenvalue weighted by molar-refractivity contribution is -0.148. The molecule has 0 fully saturated rings. The van der Waals surface area contributed by atoms with Gasteiger partial charge >= 0.3 is 11.9 Å². The van der Waals surface area contributed by atoms with E-state index in [2.05, 4.69) is 4.74 Å². The van der Waals surface area contributed by atoms with Gasteiger partial charge in [0.2, 0.25) is 0 Å². The van der Waals surface area contributed by atoms with E-state index in [4.69, 9.17) is 10.8 Å². The third-order valence-electron chi connectivity index (χ3n) is 1.13. The SMILES string of the molecule is CC(=O)CC(=O)OC[C@H](N)C(=O)O. The molecule has 0 amide bonds. The summed E-state index contributed by atoms with van der Waals surface area (Å²) < 4.78 is 4.41. The predicted octanol–water partition coefficient (Wildman–Crippen LogP) is -1.08. The van der Waals surface area contributed by atoms with Gasteiger partial charge in [0, 0.05) is 0 Å². The van der Waals surface area contributed by atoms with Gasteiger partial charge in [-0.2, -0.15) is 0 Å². The summed E-state index contributed by atoms with van der Waals surface area (Å²) >= 11 is 0. The number of carboxylic acids is 1. The Morgan fingerprint density at radius 2 is 2.00 bits per heavy atom. The highest BCUT2D eigenvalue weighted by molar-refractivity contribution is 5.94. The number of ether oxygens (including phenoxy) is 1. The number of nitrogens with two attached hydrogens (primary N) is 1. The van der Waals surface area contributed by atoms with Crippen LogP contribution in [0.5, 0.6) is 0 Å². The first-order valence-electron chi connectivity index (χ1n) is 3.57. The Labute approximate surface area is 74.7 Å². The number of hydrogen-bond donors (Lipinski definition) is 2. The van der Waals surface area contributed by atoms with Crippen LogP contribution in [0.4, 0.5) is 0 Å². The average Bonchev–Trinajstić information content (AvgIpc) is 1.98. The Bertz CT molecular complexity index is 225. The summed E-state index contributed by atoms with van der Waals surface area (Å²) in [6.07, 6.45) is -0.355. The molecule has 6 nitrogen and oxygen atoms in total. The number of ketones is 1. The van der Waals surface area contributed by atoms with E-state index in [0.717, 1.165) is 0 Å². The summed E-state index contributed by atoms with van der Waals surface area (Å²) in [6.45, 7) is 0.819. The molecule has 13 heavy (non-hydrogen) atoms. The number of hydrogen-bond acceptors (Lipinski definition) is 5. The smallest absolute Gasteiger partial charge is 0.324 e. The molecular weight excluding hydrogens is 178 g/mol. The van der Waals surface area contributed by atoms with E-state index in [0.29, 0.717) is 0 Å². The summed E-state index contributed by atoms with van der Waals surface area (Å²) in [6, 6.07) is -1.24. The van der Waals surface area contributed by atoms with E-state index >= 15 is 0 Å². The van der Waals surface area contributed by atoms with Crippen molar-refractivity contribution >= 4 is 17.7 Å². The lowest BCUT2D eigenvalue weighted by atomic mass is 10.3. The standard InChI is InChI=1S/C7H11NO5/c1-4(9)2-6(10)13-3-5(8)7(11)12/h5H,2-3,8H2,1H3,(H,11,12)/t5-/m0/s1. The zero-order chi connectivity index (χ0) is 10.4. The van der Waals surface area contributed by atoms with Crippen molar-refractivity contribution < 1.29 is 24.2 Å². The van der Waals surface area contributed by atoms with Gasteiger partial charge in [-0.3, -0.25) is 14.4 Å². The minimum Gasteiger partial charge on any atom is -0.480 e. The third kappa shape index (κ3) is 5.80. The van der Waals surface area contributed by atoms with Crippen molar-refractivity contribution in [3.63, 3.8) is 0 Å². The summed E-state index contributed by atoms with van der Waals surface area (Å²) in [7, 11) is 0. The van der Waals surface area contributed by atoms with Gasteiger partial charge in [0.25, 0.3) is 0 Å². The van der Waals surface area contributed by atoms with Crippen LogP contribution >= 0.6 is 0 Å². The third-order valence-corrected chi connectivity index (χ3v) is 1.13. The molecule has 0 bridgehead atoms. The fraction of sp³-hybridized carbons (Fsp3) is 0.571. The zero-order valence-electron chi connectivity index (χ0n) is 7.15. The first kappa shape index (κ1) is 11.6. The van der Waals surface area contributed by atoms with Crippen molar-refractivity contribution in [3.8, 4) is 0 Å². The molecule has 0 saturated carbocycles. The number of carbonyl (C=O) groups is 3. The first-order chi connectivity index (χ1) is 5.93. The largest absolute Gasteiger partial charge is 0.480 e. The molecule has 0 unspecified atom stereocenters. The molecule has 0 saturated heterocycles. The molecule has 0 aliphatic carbocycles. The fourth-order valence-corrected chi connectivity index (χ4v) is 0.508. The minimum atomic E-state index is -1.25. The lowest BCUT2D eigenvalue weighted by Gasteiger charge is -2.06. The quantitative estimate of drug-likeness (QED) is 0.421. The molecular formula is C7H11NO5. The molecule has 3 N–H and O–H groups in total. The summed E-state index contributed by atoms with van der Waals surface area (Å²) in [4.78, 5) is 31.2. The highest BCUT2D eigenvalue weighted by atomic mass is 16.5. The molecule has 0 aliphatic rings. The number of carboxylic acid groups (broad SMARTS) is 1. The Morgan fingerprint density at radius 1 is 1.46 bits per heavy atom. The molecule has 0 heterocycles. The van der Waals surface area contributed by atoms with Gasteiger partial charge in [0.05, 0.1) is 0 Å². The maximum atomic E-state index is 10.7. The molecule has 0 aromatic carbocycles. The van der Waals surface area contributed by atoms with Crippen LogP contribution in [-0.4, -0.2) is 35.5 Å². The second-order valence-corrected chi connectivity index (χ2v) is 2.51. The van der Waals surface area contributed by atoms with Gasteiger partial charge in [0.15, 0.2) is 0 Å². The van der Waals surface area contributed by atoms with Gasteiger partial charge < -0.3 is 15.6 Å². The molecule has 74 valence electrons. The lowest BCUT2D eigenvalue weighted by Crippen LogP contribution is -2.35. The van der Waals surface area contributed by atoms with E-state index in [-0.39, 0.29) is 12.2 Å². The maximum absolute atomic E-state index is 10.7. The van der Waals surface area contributed by atoms with Gasteiger partial charge in [-0.25, -0.2) is 0 Å². The highest BCUT2D eigenvalue weighted by Gasteiger charge is 2.14. The van der Waals surface area contributed by atoms with Crippen molar-refractivity contribution in [2.24, 2.45) is 5.73 Å². The van der Waals surface area contributed by atoms with Gasteiger partial charge in [-0.05, 0) is 6.92 Å². The van der Waals surface area contributed by atoms with E-state index in [1.807, 2.05) is 0 Å². The zero-order valence-corrected chi connectivity index (χ0v) is 7.15. The molecule has 6 heteroatoms. The van der Waals surface area contributed by atoms with E-state index in [9.17, 15) is 14.4 Å². The van der Waals surface area contributed by atoms with Crippen molar-refractivity contribution in [2.75, 3.05) is 6.61 Å². The number of aliphatic carboxylic acids is 1. The van der Waals surface area contributed by atoms with Crippen LogP contribution in [0, 0.1) is 0 Å². The monoisotopic (exact) mass is 189 g/mol. The second kappa shape index (κ2) is 5.26. The number of rotatable bonds is 5. The molecule has 1 atom stereocenters. The maximum Gasteiger partial charge on any atom is 0.324 e. The fourth-order valence-electron chi connectivity index (χ4n) is 0.508. The van der Waals surface area contributed by atoms with E-state index in [1.165, 1.54) is 6.92 Å². The second-order valence-electron chi connectivity index (χ2n) is 2.51. The number of Topliss-reactive ketones (excluding diaryl/α,β-unsaturated/α-hetero) is 1. The van der Waals surface area contributed by atoms with Crippen molar-refractivity contribution in [3.05, 3.63) is 0 Å². The Kier molecular flexibility index (Phi) is 4.68. The Hall–Kier alpha value is -1.43. The van der Waals surface area contributed by atoms with Gasteiger partial charge in [-0.15, -0.1) is 0 Å². The molecule has 0 spiro atoms. The Balaban J connectivity index is 3.70. The van der Waals surface area contributed by atoms with Gasteiger partial charge in [-0.1, -0.05) is 0 Å². The van der Waals surface area contributed by atoms with Crippen LogP contribution in [-0.2, 0) is 19.1 Å². The van der Waals surface area contributed by atoms with Crippen molar-refractivity contribution in [1.29, 1.82) is 0 Å². The summed E-state index contributed by atoms with van der Waals surface area (Å²) in [5.74, 6) is -2.35. The topological polar surface area (TPSA) is 107 Å². The molecule has 0 aromatic heterocycles. The van der Waals surface area contributed by atoms with Crippen LogP contribution in [0.25, 0.3) is 0 Å². The molecule has 0 radical (unpaired) electrons. The number of carbonyl (C=O) groups excluding carboxylic acids is 2. The molecule has 0 rings (SSSR count). The minimum absolute atomic E-state index is 0.339. The van der Waals surface area contributed by atoms with Crippen LogP contribution in [0.15, 0.2) is 0 Å². The Morgan fingerprint density at radius 3 is 2.38 bits per heavy atom. The van der Waals surface area contributed by atoms with Crippen LogP contribution in [0.2, 0.25) is 0 Å². The van der Waals surface area contributed by atoms with E-state index < -0.39 is 24.6 Å². The van der Waals surface area contributed by atoms with Crippen LogP contribution in [0.3, 0.4) is 0 Å². The highest BCUT2D eigenvalue weighted by Crippen LogP contribution is 1.89. The normalized spacial score (nSPS) is 11.8. The first-order valence-corrected chi connectivity index (χ1v) is 3.57.